The van der Waals surface area contributed by atoms with Crippen molar-refractivity contribution in [1.82, 2.24) is 10.2 Å². The Balaban J connectivity index is 1.90. The lowest BCUT2D eigenvalue weighted by atomic mass is 9.85. The maximum Gasteiger partial charge on any atom is 0.243 e. The van der Waals surface area contributed by atoms with Crippen LogP contribution in [0.25, 0.3) is 0 Å². The molecule has 1 aromatic carbocycles. The molecule has 136 valence electrons. The molecule has 7 heteroatoms. The van der Waals surface area contributed by atoms with E-state index in [1.165, 1.54) is 0 Å². The first-order chi connectivity index (χ1) is 11.6. The standard InChI is InChI=1S/C18H27N5O2/c1-18(2,3)14(19)17(25)23-9-8-13(23)16(24)22-10-11-4-6-12(7-5-11)15(20)21/h4-7,13-14H,8-10,19H2,1-3H3,(H3,20,21)(H,22,24)/t13-,14-/m0/s1. The highest BCUT2D eigenvalue weighted by molar-refractivity contribution is 5.95. The van der Waals surface area contributed by atoms with Crippen molar-refractivity contribution in [1.29, 1.82) is 5.41 Å². The lowest BCUT2D eigenvalue weighted by molar-refractivity contribution is -0.150. The number of amides is 2. The lowest BCUT2D eigenvalue weighted by Crippen LogP contribution is -2.63. The van der Waals surface area contributed by atoms with Crippen LogP contribution >= 0.6 is 0 Å². The summed E-state index contributed by atoms with van der Waals surface area (Å²) in [5.41, 5.74) is 12.6. The summed E-state index contributed by atoms with van der Waals surface area (Å²) in [6.07, 6.45) is 0.651. The molecule has 2 amide bonds. The monoisotopic (exact) mass is 345 g/mol. The van der Waals surface area contributed by atoms with Crippen LogP contribution in [0.2, 0.25) is 0 Å². The fourth-order valence-corrected chi connectivity index (χ4v) is 2.58. The number of carbonyl (C=O) groups excluding carboxylic acids is 2. The summed E-state index contributed by atoms with van der Waals surface area (Å²) >= 11 is 0. The Morgan fingerprint density at radius 2 is 1.92 bits per heavy atom. The van der Waals surface area contributed by atoms with Crippen molar-refractivity contribution in [2.45, 2.75) is 45.8 Å². The molecule has 1 fully saturated rings. The molecule has 1 aromatic rings. The van der Waals surface area contributed by atoms with E-state index in [4.69, 9.17) is 16.9 Å². The van der Waals surface area contributed by atoms with Gasteiger partial charge in [0.25, 0.3) is 0 Å². The molecule has 0 unspecified atom stereocenters. The van der Waals surface area contributed by atoms with Gasteiger partial charge in [0, 0.05) is 18.7 Å². The maximum atomic E-state index is 12.5. The molecular formula is C18H27N5O2. The Bertz CT molecular complexity index is 663. The molecule has 1 saturated heterocycles. The van der Waals surface area contributed by atoms with E-state index in [-0.39, 0.29) is 23.1 Å². The fourth-order valence-electron chi connectivity index (χ4n) is 2.58. The number of likely N-dealkylation sites (tertiary alicyclic amines) is 1. The van der Waals surface area contributed by atoms with Gasteiger partial charge < -0.3 is 21.7 Å². The largest absolute Gasteiger partial charge is 0.384 e. The smallest absolute Gasteiger partial charge is 0.243 e. The molecule has 0 aliphatic carbocycles. The van der Waals surface area contributed by atoms with Gasteiger partial charge in [0.15, 0.2) is 0 Å². The van der Waals surface area contributed by atoms with Crippen molar-refractivity contribution in [3.8, 4) is 0 Å². The predicted octanol–water partition coefficient (Wildman–Crippen LogP) is 0.561. The van der Waals surface area contributed by atoms with E-state index < -0.39 is 12.1 Å². The van der Waals surface area contributed by atoms with Gasteiger partial charge in [-0.05, 0) is 17.4 Å². The number of nitrogen functional groups attached to an aromatic ring is 1. The molecule has 2 atom stereocenters. The number of amidine groups is 1. The number of nitrogens with one attached hydrogen (secondary N) is 2. The first kappa shape index (κ1) is 18.9. The molecule has 1 aliphatic heterocycles. The Hall–Kier alpha value is -2.41. The van der Waals surface area contributed by atoms with Gasteiger partial charge in [-0.25, -0.2) is 0 Å². The van der Waals surface area contributed by atoms with Crippen LogP contribution in [0.15, 0.2) is 24.3 Å². The van der Waals surface area contributed by atoms with Gasteiger partial charge in [-0.2, -0.15) is 0 Å². The number of nitrogens with zero attached hydrogens (tertiary/aromatic N) is 1. The molecule has 0 spiro atoms. The van der Waals surface area contributed by atoms with Crippen LogP contribution < -0.4 is 16.8 Å². The predicted molar refractivity (Wildman–Crippen MR) is 96.9 cm³/mol. The van der Waals surface area contributed by atoms with Crippen molar-refractivity contribution >= 4 is 17.6 Å². The Kier molecular flexibility index (Phi) is 5.47. The van der Waals surface area contributed by atoms with Crippen LogP contribution in [0.5, 0.6) is 0 Å². The molecule has 0 saturated carbocycles. The van der Waals surface area contributed by atoms with Crippen LogP contribution in [0.3, 0.4) is 0 Å². The van der Waals surface area contributed by atoms with Crippen LogP contribution in [0, 0.1) is 10.8 Å². The molecule has 0 aromatic heterocycles. The minimum atomic E-state index is -0.623. The van der Waals surface area contributed by atoms with Crippen LogP contribution in [0.4, 0.5) is 0 Å². The zero-order valence-electron chi connectivity index (χ0n) is 15.0. The van der Waals surface area contributed by atoms with Crippen LogP contribution in [-0.4, -0.2) is 41.2 Å². The molecule has 0 bridgehead atoms. The van der Waals surface area contributed by atoms with E-state index in [2.05, 4.69) is 5.32 Å². The summed E-state index contributed by atoms with van der Waals surface area (Å²) in [5.74, 6) is -0.338. The minimum absolute atomic E-state index is 0.00870. The van der Waals surface area contributed by atoms with E-state index in [0.29, 0.717) is 25.1 Å². The SMILES string of the molecule is CC(C)(C)[C@@H](N)C(=O)N1CC[C@H]1C(=O)NCc1ccc(C(=N)N)cc1. The first-order valence-corrected chi connectivity index (χ1v) is 8.38. The summed E-state index contributed by atoms with van der Waals surface area (Å²) in [4.78, 5) is 26.4. The zero-order chi connectivity index (χ0) is 18.8. The van der Waals surface area contributed by atoms with Gasteiger partial charge >= 0.3 is 0 Å². The highest BCUT2D eigenvalue weighted by Gasteiger charge is 2.41. The average Bonchev–Trinajstić information content (AvgIpc) is 2.50. The van der Waals surface area contributed by atoms with Gasteiger partial charge in [-0.3, -0.25) is 15.0 Å². The number of benzene rings is 1. The van der Waals surface area contributed by atoms with Crippen LogP contribution in [-0.2, 0) is 16.1 Å². The highest BCUT2D eigenvalue weighted by atomic mass is 16.2. The topological polar surface area (TPSA) is 125 Å². The zero-order valence-corrected chi connectivity index (χ0v) is 15.0. The highest BCUT2D eigenvalue weighted by Crippen LogP contribution is 2.24. The van der Waals surface area contributed by atoms with E-state index in [0.717, 1.165) is 5.56 Å². The second kappa shape index (κ2) is 7.23. The summed E-state index contributed by atoms with van der Waals surface area (Å²) in [6.45, 7) is 6.66. The quantitative estimate of drug-likeness (QED) is 0.459. The molecule has 0 radical (unpaired) electrons. The van der Waals surface area contributed by atoms with E-state index in [9.17, 15) is 9.59 Å². The van der Waals surface area contributed by atoms with Crippen molar-refractivity contribution in [3.05, 3.63) is 35.4 Å². The average molecular weight is 345 g/mol. The fraction of sp³-hybridized carbons (Fsp3) is 0.500. The van der Waals surface area contributed by atoms with Gasteiger partial charge in [0.1, 0.15) is 11.9 Å². The lowest BCUT2D eigenvalue weighted by Gasteiger charge is -2.43. The van der Waals surface area contributed by atoms with Gasteiger partial charge in [0.2, 0.25) is 11.8 Å². The van der Waals surface area contributed by atoms with Crippen molar-refractivity contribution in [3.63, 3.8) is 0 Å². The summed E-state index contributed by atoms with van der Waals surface area (Å²) in [5, 5.41) is 10.2. The summed E-state index contributed by atoms with van der Waals surface area (Å²) < 4.78 is 0. The van der Waals surface area contributed by atoms with E-state index in [1.54, 1.807) is 17.0 Å². The Morgan fingerprint density at radius 1 is 1.32 bits per heavy atom. The van der Waals surface area contributed by atoms with Crippen LogP contribution in [0.1, 0.15) is 38.3 Å². The van der Waals surface area contributed by atoms with Crippen molar-refractivity contribution < 1.29 is 9.59 Å². The number of rotatable bonds is 5. The first-order valence-electron chi connectivity index (χ1n) is 8.38. The minimum Gasteiger partial charge on any atom is -0.384 e. The van der Waals surface area contributed by atoms with Crippen molar-refractivity contribution in [2.24, 2.45) is 16.9 Å². The number of nitrogens with two attached hydrogens (primary N) is 2. The molecular weight excluding hydrogens is 318 g/mol. The second-order valence-electron chi connectivity index (χ2n) is 7.51. The molecule has 25 heavy (non-hydrogen) atoms. The number of hydrogen-bond donors (Lipinski definition) is 4. The number of hydrogen-bond acceptors (Lipinski definition) is 4. The maximum absolute atomic E-state index is 12.5. The van der Waals surface area contributed by atoms with E-state index in [1.807, 2.05) is 32.9 Å². The Labute approximate surface area is 148 Å². The third-order valence-corrected chi connectivity index (χ3v) is 4.54. The van der Waals surface area contributed by atoms with Gasteiger partial charge in [0.05, 0.1) is 6.04 Å². The van der Waals surface area contributed by atoms with Gasteiger partial charge in [-0.15, -0.1) is 0 Å². The van der Waals surface area contributed by atoms with E-state index >= 15 is 0 Å². The molecule has 6 N–H and O–H groups in total. The second-order valence-corrected chi connectivity index (χ2v) is 7.51. The molecule has 1 aliphatic rings. The number of carbonyl (C=O) groups is 2. The third-order valence-electron chi connectivity index (χ3n) is 4.54. The third kappa shape index (κ3) is 4.36. The molecule has 7 nitrogen and oxygen atoms in total. The Morgan fingerprint density at radius 3 is 2.36 bits per heavy atom. The summed E-state index contributed by atoms with van der Waals surface area (Å²) in [6, 6.07) is 6.04. The normalized spacial score (nSPS) is 18.2. The molecule has 2 rings (SSSR count). The molecule has 1 heterocycles. The summed E-state index contributed by atoms with van der Waals surface area (Å²) in [7, 11) is 0. The van der Waals surface area contributed by atoms with Gasteiger partial charge in [-0.1, -0.05) is 45.0 Å². The van der Waals surface area contributed by atoms with Crippen molar-refractivity contribution in [2.75, 3.05) is 6.54 Å².